The normalized spacial score (nSPS) is 22.2. The van der Waals surface area contributed by atoms with Crippen molar-refractivity contribution in [3.8, 4) is 16.9 Å². The van der Waals surface area contributed by atoms with Gasteiger partial charge in [-0.15, -0.1) is 5.10 Å². The Bertz CT molecular complexity index is 1590. The topological polar surface area (TPSA) is 77.9 Å². The van der Waals surface area contributed by atoms with Gasteiger partial charge in [0.15, 0.2) is 0 Å². The summed E-state index contributed by atoms with van der Waals surface area (Å²) in [5, 5.41) is 12.2. The summed E-state index contributed by atoms with van der Waals surface area (Å²) in [5.74, 6) is 0. The zero-order valence-corrected chi connectivity index (χ0v) is 21.0. The molecule has 5 aromatic heterocycles. The first-order chi connectivity index (χ1) is 17.9. The molecule has 1 N–H and O–H groups in total. The van der Waals surface area contributed by atoms with Crippen molar-refractivity contribution in [2.24, 2.45) is 5.41 Å². The highest BCUT2D eigenvalue weighted by molar-refractivity contribution is 5.59. The fourth-order valence-electron chi connectivity index (χ4n) is 5.98. The Hall–Kier alpha value is -3.85. The van der Waals surface area contributed by atoms with E-state index < -0.39 is 5.67 Å². The Balaban J connectivity index is 1.02. The highest BCUT2D eigenvalue weighted by Crippen LogP contribution is 2.69. The fraction of sp³-hybridized carbons (Fsp3) is 0.357. The number of rotatable bonds is 8. The number of alkyl halides is 1. The van der Waals surface area contributed by atoms with Gasteiger partial charge in [-0.25, -0.2) is 14.1 Å². The first-order valence-corrected chi connectivity index (χ1v) is 12.7. The quantitative estimate of drug-likeness (QED) is 0.344. The second kappa shape index (κ2) is 8.08. The molecule has 3 fully saturated rings. The van der Waals surface area contributed by atoms with Gasteiger partial charge in [-0.3, -0.25) is 4.98 Å². The molecule has 188 valence electrons. The van der Waals surface area contributed by atoms with E-state index in [-0.39, 0.29) is 5.41 Å². The van der Waals surface area contributed by atoms with E-state index in [0.29, 0.717) is 6.54 Å². The average Bonchev–Trinajstić information content (AvgIpc) is 3.56. The minimum absolute atomic E-state index is 0.218. The predicted molar refractivity (Wildman–Crippen MR) is 138 cm³/mol. The molecule has 0 aliphatic heterocycles. The molecule has 0 spiro atoms. The second-order valence-electron chi connectivity index (χ2n) is 11.1. The summed E-state index contributed by atoms with van der Waals surface area (Å²) >= 11 is 0. The lowest BCUT2D eigenvalue weighted by atomic mass is 9.42. The lowest BCUT2D eigenvalue weighted by Gasteiger charge is -2.66. The molecule has 0 radical (unpaired) electrons. The Morgan fingerprint density at radius 2 is 1.81 bits per heavy atom. The van der Waals surface area contributed by atoms with E-state index in [1.807, 2.05) is 30.9 Å². The van der Waals surface area contributed by atoms with Crippen LogP contribution in [0.5, 0.6) is 0 Å². The number of fused-ring (bicyclic) bond motifs is 1. The summed E-state index contributed by atoms with van der Waals surface area (Å²) < 4.78 is 19.7. The molecule has 8 nitrogen and oxygen atoms in total. The standard InChI is InChI=1S/C28H29FN8/c1-19-9-35(10-20(19)2)24-5-22(7-30-8-24)25-14-37(34-33-25)13-23-12-36-11-21(3-4-26(36)32-23)6-31-18-27-15-28(29,16-27)17-27/h3-5,7-12,14,31H,6,13,15-18H2,1-2H3. The summed E-state index contributed by atoms with van der Waals surface area (Å²) in [6, 6.07) is 6.20. The molecule has 0 amide bonds. The lowest BCUT2D eigenvalue weighted by Crippen LogP contribution is -2.67. The van der Waals surface area contributed by atoms with Crippen molar-refractivity contribution in [1.82, 2.24) is 39.2 Å². The molecule has 9 heteroatoms. The van der Waals surface area contributed by atoms with Crippen molar-refractivity contribution >= 4 is 5.65 Å². The highest BCUT2D eigenvalue weighted by Gasteiger charge is 2.68. The Morgan fingerprint density at radius 1 is 1.00 bits per heavy atom. The third kappa shape index (κ3) is 4.03. The van der Waals surface area contributed by atoms with Gasteiger partial charge < -0.3 is 14.3 Å². The van der Waals surface area contributed by atoms with Crippen LogP contribution in [0.25, 0.3) is 22.6 Å². The molecule has 5 aromatic rings. The number of halogens is 1. The molecule has 37 heavy (non-hydrogen) atoms. The predicted octanol–water partition coefficient (Wildman–Crippen LogP) is 4.43. The molecule has 2 bridgehead atoms. The summed E-state index contributed by atoms with van der Waals surface area (Å²) in [6.45, 7) is 6.40. The largest absolute Gasteiger partial charge is 0.322 e. The van der Waals surface area contributed by atoms with Gasteiger partial charge in [0.1, 0.15) is 17.0 Å². The molecule has 0 aromatic carbocycles. The maximum absolute atomic E-state index is 13.7. The summed E-state index contributed by atoms with van der Waals surface area (Å²) in [7, 11) is 0. The monoisotopic (exact) mass is 496 g/mol. The van der Waals surface area contributed by atoms with Gasteiger partial charge in [0.25, 0.3) is 0 Å². The van der Waals surface area contributed by atoms with E-state index in [9.17, 15) is 4.39 Å². The maximum atomic E-state index is 13.7. The number of aromatic nitrogens is 7. The highest BCUT2D eigenvalue weighted by atomic mass is 19.1. The second-order valence-corrected chi connectivity index (χ2v) is 11.1. The smallest absolute Gasteiger partial charge is 0.137 e. The number of nitrogens with one attached hydrogen (secondary N) is 1. The van der Waals surface area contributed by atoms with Crippen molar-refractivity contribution in [1.29, 1.82) is 0 Å². The van der Waals surface area contributed by atoms with Crippen molar-refractivity contribution in [2.45, 2.75) is 51.9 Å². The average molecular weight is 497 g/mol. The number of nitrogens with zero attached hydrogens (tertiary/aromatic N) is 7. The van der Waals surface area contributed by atoms with E-state index in [4.69, 9.17) is 4.98 Å². The van der Waals surface area contributed by atoms with Gasteiger partial charge in [0, 0.05) is 49.6 Å². The van der Waals surface area contributed by atoms with Crippen LogP contribution in [0.15, 0.2) is 61.6 Å². The van der Waals surface area contributed by atoms with Crippen LogP contribution in [0.3, 0.4) is 0 Å². The summed E-state index contributed by atoms with van der Waals surface area (Å²) in [6.07, 6.45) is 16.1. The number of pyridine rings is 2. The first-order valence-electron chi connectivity index (χ1n) is 12.7. The fourth-order valence-corrected chi connectivity index (χ4v) is 5.98. The third-order valence-corrected chi connectivity index (χ3v) is 7.93. The van der Waals surface area contributed by atoms with Crippen LogP contribution < -0.4 is 5.32 Å². The van der Waals surface area contributed by atoms with Crippen molar-refractivity contribution in [2.75, 3.05) is 6.54 Å². The van der Waals surface area contributed by atoms with Gasteiger partial charge in [-0.1, -0.05) is 11.3 Å². The van der Waals surface area contributed by atoms with E-state index in [0.717, 1.165) is 60.6 Å². The van der Waals surface area contributed by atoms with Crippen LogP contribution >= 0.6 is 0 Å². The van der Waals surface area contributed by atoms with Gasteiger partial charge >= 0.3 is 0 Å². The summed E-state index contributed by atoms with van der Waals surface area (Å²) in [5.41, 5.74) is 7.54. The molecule has 0 unspecified atom stereocenters. The summed E-state index contributed by atoms with van der Waals surface area (Å²) in [4.78, 5) is 9.17. The minimum atomic E-state index is -0.833. The zero-order chi connectivity index (χ0) is 25.2. The van der Waals surface area contributed by atoms with Gasteiger partial charge in [0.05, 0.1) is 30.3 Å². The van der Waals surface area contributed by atoms with Crippen LogP contribution in [-0.4, -0.2) is 46.1 Å². The molecule has 0 saturated heterocycles. The van der Waals surface area contributed by atoms with E-state index >= 15 is 0 Å². The minimum Gasteiger partial charge on any atom is -0.322 e. The van der Waals surface area contributed by atoms with E-state index in [1.165, 1.54) is 16.7 Å². The van der Waals surface area contributed by atoms with Crippen LogP contribution in [0.4, 0.5) is 4.39 Å². The Labute approximate surface area is 214 Å². The van der Waals surface area contributed by atoms with Gasteiger partial charge in [-0.2, -0.15) is 0 Å². The van der Waals surface area contributed by atoms with Crippen LogP contribution in [0.2, 0.25) is 0 Å². The van der Waals surface area contributed by atoms with Gasteiger partial charge in [-0.05, 0) is 67.3 Å². The SMILES string of the molecule is Cc1cn(-c2cncc(-c3cn(Cc4cn5cc(CNCC67CC(F)(C6)C7)ccc5n4)nn3)c2)cc1C. The third-order valence-electron chi connectivity index (χ3n) is 7.93. The number of hydrogen-bond donors (Lipinski definition) is 1. The Kier molecular flexibility index (Phi) is 4.88. The lowest BCUT2D eigenvalue weighted by molar-refractivity contribution is -0.209. The van der Waals surface area contributed by atoms with Crippen molar-refractivity contribution < 1.29 is 4.39 Å². The van der Waals surface area contributed by atoms with Gasteiger partial charge in [0.2, 0.25) is 0 Å². The maximum Gasteiger partial charge on any atom is 0.137 e. The molecule has 3 aliphatic carbocycles. The molecule has 0 atom stereocenters. The van der Waals surface area contributed by atoms with E-state index in [2.05, 4.69) is 74.2 Å². The van der Waals surface area contributed by atoms with Crippen LogP contribution in [0.1, 0.15) is 41.6 Å². The Morgan fingerprint density at radius 3 is 2.59 bits per heavy atom. The molecular formula is C28H29FN8. The van der Waals surface area contributed by atoms with Crippen molar-refractivity contribution in [3.63, 3.8) is 0 Å². The van der Waals surface area contributed by atoms with E-state index in [1.54, 1.807) is 4.68 Å². The van der Waals surface area contributed by atoms with Crippen LogP contribution in [-0.2, 0) is 13.1 Å². The van der Waals surface area contributed by atoms with Crippen LogP contribution in [0, 0.1) is 19.3 Å². The molecule has 5 heterocycles. The number of hydrogen-bond acceptors (Lipinski definition) is 5. The molecular weight excluding hydrogens is 467 g/mol. The first kappa shape index (κ1) is 22.4. The molecule has 8 rings (SSSR count). The molecule has 3 saturated carbocycles. The number of imidazole rings is 1. The van der Waals surface area contributed by atoms with Crippen molar-refractivity contribution in [3.05, 3.63) is 84.0 Å². The molecule has 3 aliphatic rings. The zero-order valence-electron chi connectivity index (χ0n) is 21.0. The number of aryl methyl sites for hydroxylation is 2.